The first-order valence-electron chi connectivity index (χ1n) is 4.55. The number of halogens is 1. The van der Waals surface area contributed by atoms with Crippen molar-refractivity contribution in [1.82, 2.24) is 15.5 Å². The number of rotatable bonds is 0. The molecule has 0 aliphatic carbocycles. The first-order valence-corrected chi connectivity index (χ1v) is 5.34. The van der Waals surface area contributed by atoms with Gasteiger partial charge in [0.1, 0.15) is 4.60 Å². The molecule has 14 heavy (non-hydrogen) atoms. The van der Waals surface area contributed by atoms with Gasteiger partial charge in [-0.3, -0.25) is 9.89 Å². The average molecular weight is 258 g/mol. The van der Waals surface area contributed by atoms with Crippen LogP contribution in [-0.2, 0) is 5.41 Å². The third kappa shape index (κ3) is 1.35. The minimum atomic E-state index is -0.0498. The molecule has 2 N–H and O–H groups in total. The van der Waals surface area contributed by atoms with E-state index in [1.54, 1.807) is 0 Å². The van der Waals surface area contributed by atoms with Gasteiger partial charge in [0.25, 0.3) is 5.91 Å². The highest BCUT2D eigenvalue weighted by atomic mass is 79.9. The van der Waals surface area contributed by atoms with Crippen molar-refractivity contribution < 1.29 is 4.79 Å². The Bertz CT molecular complexity index is 383. The second-order valence-electron chi connectivity index (χ2n) is 4.15. The Labute approximate surface area is 90.6 Å². The van der Waals surface area contributed by atoms with Crippen molar-refractivity contribution in [2.45, 2.75) is 25.7 Å². The van der Waals surface area contributed by atoms with E-state index in [1.165, 1.54) is 0 Å². The number of amides is 1. The van der Waals surface area contributed by atoms with E-state index in [0.29, 0.717) is 16.7 Å². The number of aromatic amines is 1. The van der Waals surface area contributed by atoms with Gasteiger partial charge in [0.2, 0.25) is 0 Å². The fourth-order valence-electron chi connectivity index (χ4n) is 1.72. The van der Waals surface area contributed by atoms with E-state index in [-0.39, 0.29) is 11.3 Å². The fraction of sp³-hybridized carbons (Fsp3) is 0.556. The van der Waals surface area contributed by atoms with Crippen molar-refractivity contribution in [2.24, 2.45) is 0 Å². The molecule has 1 amide bonds. The Hall–Kier alpha value is -0.840. The number of hydrogen-bond donors (Lipinski definition) is 2. The molecular weight excluding hydrogens is 246 g/mol. The van der Waals surface area contributed by atoms with Crippen molar-refractivity contribution in [3.63, 3.8) is 0 Å². The van der Waals surface area contributed by atoms with Gasteiger partial charge in [0.05, 0.1) is 11.3 Å². The molecule has 1 aromatic heterocycles. The molecule has 1 aliphatic rings. The van der Waals surface area contributed by atoms with E-state index in [1.807, 2.05) is 0 Å². The zero-order chi connectivity index (χ0) is 10.3. The molecule has 0 aromatic carbocycles. The molecule has 1 aliphatic heterocycles. The van der Waals surface area contributed by atoms with Gasteiger partial charge in [0, 0.05) is 12.0 Å². The maximum absolute atomic E-state index is 11.7. The number of hydrogen-bond acceptors (Lipinski definition) is 2. The zero-order valence-electron chi connectivity index (χ0n) is 8.15. The number of H-pyrrole nitrogens is 1. The first kappa shape index (κ1) is 9.71. The molecule has 2 rings (SSSR count). The van der Waals surface area contributed by atoms with Crippen LogP contribution in [-0.4, -0.2) is 22.6 Å². The molecule has 1 aromatic rings. The van der Waals surface area contributed by atoms with E-state index in [4.69, 9.17) is 0 Å². The molecular formula is C9H12BrN3O. The van der Waals surface area contributed by atoms with Crippen LogP contribution in [0.4, 0.5) is 0 Å². The van der Waals surface area contributed by atoms with Crippen LogP contribution in [0.3, 0.4) is 0 Å². The van der Waals surface area contributed by atoms with Gasteiger partial charge in [-0.15, -0.1) is 0 Å². The summed E-state index contributed by atoms with van der Waals surface area (Å²) in [7, 11) is 0. The van der Waals surface area contributed by atoms with E-state index < -0.39 is 0 Å². The lowest BCUT2D eigenvalue weighted by Crippen LogP contribution is -2.23. The van der Waals surface area contributed by atoms with E-state index in [9.17, 15) is 4.79 Å². The largest absolute Gasteiger partial charge is 0.352 e. The van der Waals surface area contributed by atoms with Crippen LogP contribution in [0, 0.1) is 0 Å². The molecule has 0 spiro atoms. The molecule has 0 fully saturated rings. The molecule has 4 nitrogen and oxygen atoms in total. The molecule has 0 unspecified atom stereocenters. The Morgan fingerprint density at radius 2 is 2.21 bits per heavy atom. The summed E-state index contributed by atoms with van der Waals surface area (Å²) in [5.74, 6) is -0.0498. The molecule has 0 bridgehead atoms. The van der Waals surface area contributed by atoms with Gasteiger partial charge >= 0.3 is 0 Å². The van der Waals surface area contributed by atoms with Gasteiger partial charge in [-0.2, -0.15) is 5.10 Å². The third-order valence-electron chi connectivity index (χ3n) is 2.66. The first-order chi connectivity index (χ1) is 6.52. The summed E-state index contributed by atoms with van der Waals surface area (Å²) in [5, 5.41) is 9.80. The summed E-state index contributed by atoms with van der Waals surface area (Å²) in [5.41, 5.74) is 1.53. The summed E-state index contributed by atoms with van der Waals surface area (Å²) in [6.45, 7) is 4.92. The molecule has 2 heterocycles. The van der Waals surface area contributed by atoms with Crippen LogP contribution < -0.4 is 5.32 Å². The second-order valence-corrected chi connectivity index (χ2v) is 4.91. The second kappa shape index (κ2) is 3.08. The van der Waals surface area contributed by atoms with Crippen LogP contribution in [0.1, 0.15) is 36.3 Å². The zero-order valence-corrected chi connectivity index (χ0v) is 9.73. The Morgan fingerprint density at radius 3 is 2.93 bits per heavy atom. The lowest BCUT2D eigenvalue weighted by molar-refractivity contribution is 0.0955. The topological polar surface area (TPSA) is 57.8 Å². The number of aromatic nitrogens is 2. The van der Waals surface area contributed by atoms with Gasteiger partial charge in [-0.1, -0.05) is 13.8 Å². The van der Waals surface area contributed by atoms with E-state index in [0.717, 1.165) is 12.1 Å². The van der Waals surface area contributed by atoms with Crippen LogP contribution in [0.25, 0.3) is 0 Å². The van der Waals surface area contributed by atoms with Crippen molar-refractivity contribution in [3.05, 3.63) is 15.9 Å². The van der Waals surface area contributed by atoms with Gasteiger partial charge in [0.15, 0.2) is 0 Å². The van der Waals surface area contributed by atoms with Crippen molar-refractivity contribution in [2.75, 3.05) is 6.54 Å². The molecule has 5 heteroatoms. The Kier molecular flexibility index (Phi) is 2.14. The minimum absolute atomic E-state index is 0.0342. The average Bonchev–Trinajstić information content (AvgIpc) is 2.42. The number of nitrogens with zero attached hydrogens (tertiary/aromatic N) is 1. The smallest absolute Gasteiger partial charge is 0.255 e. The van der Waals surface area contributed by atoms with Gasteiger partial charge in [-0.25, -0.2) is 0 Å². The number of carbonyl (C=O) groups excluding carboxylic acids is 1. The molecule has 0 radical (unpaired) electrons. The molecule has 0 saturated heterocycles. The lowest BCUT2D eigenvalue weighted by atomic mass is 9.84. The summed E-state index contributed by atoms with van der Waals surface area (Å²) in [6, 6.07) is 0. The van der Waals surface area contributed by atoms with Crippen LogP contribution in [0.5, 0.6) is 0 Å². The third-order valence-corrected chi connectivity index (χ3v) is 3.24. The number of nitrogens with one attached hydrogen (secondary N) is 2. The summed E-state index contributed by atoms with van der Waals surface area (Å²) >= 11 is 3.28. The summed E-state index contributed by atoms with van der Waals surface area (Å²) < 4.78 is 0.597. The van der Waals surface area contributed by atoms with Crippen LogP contribution in [0.2, 0.25) is 0 Å². The van der Waals surface area contributed by atoms with Crippen molar-refractivity contribution in [1.29, 1.82) is 0 Å². The van der Waals surface area contributed by atoms with E-state index >= 15 is 0 Å². The van der Waals surface area contributed by atoms with E-state index in [2.05, 4.69) is 45.3 Å². The van der Waals surface area contributed by atoms with Gasteiger partial charge in [-0.05, 0) is 22.4 Å². The highest BCUT2D eigenvalue weighted by Gasteiger charge is 2.33. The normalized spacial score (nSPS) is 19.8. The summed E-state index contributed by atoms with van der Waals surface area (Å²) in [4.78, 5) is 11.7. The van der Waals surface area contributed by atoms with Crippen LogP contribution in [0.15, 0.2) is 4.60 Å². The van der Waals surface area contributed by atoms with Crippen molar-refractivity contribution in [3.8, 4) is 0 Å². The summed E-state index contributed by atoms with van der Waals surface area (Å²) in [6.07, 6.45) is 0.917. The Morgan fingerprint density at radius 1 is 1.50 bits per heavy atom. The number of fused-ring (bicyclic) bond motifs is 1. The lowest BCUT2D eigenvalue weighted by Gasteiger charge is -2.20. The SMILES string of the molecule is CC1(C)CCNC(=O)c2c(Br)n[nH]c21. The predicted octanol–water partition coefficient (Wildman–Crippen LogP) is 1.58. The van der Waals surface area contributed by atoms with Crippen LogP contribution >= 0.6 is 15.9 Å². The van der Waals surface area contributed by atoms with Gasteiger partial charge < -0.3 is 5.32 Å². The maximum atomic E-state index is 11.7. The number of carbonyl (C=O) groups is 1. The molecule has 76 valence electrons. The molecule has 0 atom stereocenters. The standard InChI is InChI=1S/C9H12BrN3O/c1-9(2)3-4-11-8(14)5-6(9)12-13-7(5)10/h3-4H2,1-2H3,(H,11,14)(H,12,13). The highest BCUT2D eigenvalue weighted by Crippen LogP contribution is 2.32. The fourth-order valence-corrected chi connectivity index (χ4v) is 2.19. The highest BCUT2D eigenvalue weighted by molar-refractivity contribution is 9.10. The Balaban J connectivity index is 2.60. The quantitative estimate of drug-likeness (QED) is 0.742. The minimum Gasteiger partial charge on any atom is -0.352 e. The predicted molar refractivity (Wildman–Crippen MR) is 56.3 cm³/mol. The monoisotopic (exact) mass is 257 g/mol. The maximum Gasteiger partial charge on any atom is 0.255 e. The molecule has 0 saturated carbocycles. The van der Waals surface area contributed by atoms with Crippen molar-refractivity contribution >= 4 is 21.8 Å².